The largest absolute Gasteiger partial charge is 0.0847 e. The summed E-state index contributed by atoms with van der Waals surface area (Å²) in [5.74, 6) is 3.00. The molecule has 0 radical (unpaired) electrons. The Bertz CT molecular complexity index is 499. The molecule has 1 fully saturated rings. The first-order valence-corrected chi connectivity index (χ1v) is 9.98. The number of rotatable bonds is 5. The summed E-state index contributed by atoms with van der Waals surface area (Å²) < 4.78 is 0. The van der Waals surface area contributed by atoms with E-state index in [4.69, 9.17) is 0 Å². The van der Waals surface area contributed by atoms with Crippen molar-refractivity contribution in [2.24, 2.45) is 17.8 Å². The molecular formula is C23H34. The normalized spacial score (nSPS) is 28.4. The maximum atomic E-state index is 2.58. The van der Waals surface area contributed by atoms with Gasteiger partial charge in [-0.05, 0) is 67.4 Å². The Labute approximate surface area is 143 Å². The molecule has 0 nitrogen and oxygen atoms in total. The van der Waals surface area contributed by atoms with E-state index < -0.39 is 0 Å². The van der Waals surface area contributed by atoms with Crippen LogP contribution < -0.4 is 0 Å². The quantitative estimate of drug-likeness (QED) is 0.529. The molecule has 1 aromatic carbocycles. The van der Waals surface area contributed by atoms with Gasteiger partial charge in [-0.2, -0.15) is 0 Å². The van der Waals surface area contributed by atoms with E-state index in [0.717, 1.165) is 24.2 Å². The molecule has 0 spiro atoms. The van der Waals surface area contributed by atoms with E-state index >= 15 is 0 Å². The highest BCUT2D eigenvalue weighted by Gasteiger charge is 2.23. The van der Waals surface area contributed by atoms with Crippen LogP contribution in [0.3, 0.4) is 0 Å². The second kappa shape index (κ2) is 8.18. The fourth-order valence-corrected chi connectivity index (χ4v) is 4.51. The zero-order valence-corrected chi connectivity index (χ0v) is 15.2. The second-order valence-electron chi connectivity index (χ2n) is 8.21. The van der Waals surface area contributed by atoms with Gasteiger partial charge >= 0.3 is 0 Å². The Morgan fingerprint density at radius 3 is 2.17 bits per heavy atom. The van der Waals surface area contributed by atoms with Gasteiger partial charge in [0.15, 0.2) is 0 Å². The molecule has 0 bridgehead atoms. The SMILES string of the molecule is CCc1ccc(CC2=CCC(CC3CCC(C)CC3)CC2)cc1. The molecule has 0 aromatic heterocycles. The van der Waals surface area contributed by atoms with Crippen molar-refractivity contribution in [2.45, 2.75) is 78.1 Å². The van der Waals surface area contributed by atoms with E-state index in [0.29, 0.717) is 0 Å². The van der Waals surface area contributed by atoms with E-state index in [2.05, 4.69) is 44.2 Å². The number of aryl methyl sites for hydroxylation is 1. The molecule has 3 rings (SSSR count). The van der Waals surface area contributed by atoms with E-state index in [1.54, 1.807) is 5.57 Å². The molecule has 0 heteroatoms. The van der Waals surface area contributed by atoms with Crippen molar-refractivity contribution in [2.75, 3.05) is 0 Å². The van der Waals surface area contributed by atoms with Crippen molar-refractivity contribution in [3.63, 3.8) is 0 Å². The maximum Gasteiger partial charge on any atom is -0.00671 e. The Kier molecular flexibility index (Phi) is 5.97. The molecule has 0 amide bonds. The highest BCUT2D eigenvalue weighted by atomic mass is 14.3. The minimum atomic E-state index is 0.972. The molecular weight excluding hydrogens is 276 g/mol. The highest BCUT2D eigenvalue weighted by Crippen LogP contribution is 2.36. The summed E-state index contributed by atoms with van der Waals surface area (Å²) in [5, 5.41) is 0. The third kappa shape index (κ3) is 4.96. The fourth-order valence-electron chi connectivity index (χ4n) is 4.51. The van der Waals surface area contributed by atoms with Gasteiger partial charge in [0.25, 0.3) is 0 Å². The monoisotopic (exact) mass is 310 g/mol. The molecule has 0 aliphatic heterocycles. The number of benzene rings is 1. The lowest BCUT2D eigenvalue weighted by atomic mass is 9.75. The molecule has 1 unspecified atom stereocenters. The lowest BCUT2D eigenvalue weighted by Crippen LogP contribution is -2.17. The predicted molar refractivity (Wildman–Crippen MR) is 101 cm³/mol. The van der Waals surface area contributed by atoms with Crippen molar-refractivity contribution in [3.8, 4) is 0 Å². The lowest BCUT2D eigenvalue weighted by Gasteiger charge is -2.30. The van der Waals surface area contributed by atoms with Crippen LogP contribution in [0.1, 0.15) is 76.3 Å². The van der Waals surface area contributed by atoms with Gasteiger partial charge < -0.3 is 0 Å². The summed E-state index contributed by atoms with van der Waals surface area (Å²) in [6.07, 6.45) is 16.5. The summed E-state index contributed by atoms with van der Waals surface area (Å²) in [7, 11) is 0. The van der Waals surface area contributed by atoms with Gasteiger partial charge in [-0.3, -0.25) is 0 Å². The van der Waals surface area contributed by atoms with Gasteiger partial charge in [0.2, 0.25) is 0 Å². The van der Waals surface area contributed by atoms with Crippen LogP contribution in [0.25, 0.3) is 0 Å². The zero-order chi connectivity index (χ0) is 16.1. The van der Waals surface area contributed by atoms with Crippen molar-refractivity contribution < 1.29 is 0 Å². The van der Waals surface area contributed by atoms with Crippen LogP contribution in [-0.4, -0.2) is 0 Å². The first kappa shape index (κ1) is 16.8. The van der Waals surface area contributed by atoms with E-state index in [9.17, 15) is 0 Å². The Morgan fingerprint density at radius 1 is 0.870 bits per heavy atom. The van der Waals surface area contributed by atoms with E-state index in [1.807, 2.05) is 0 Å². The Hall–Kier alpha value is -1.04. The Balaban J connectivity index is 1.46. The fraction of sp³-hybridized carbons (Fsp3) is 0.652. The average Bonchev–Trinajstić information content (AvgIpc) is 2.59. The molecule has 0 heterocycles. The first-order valence-electron chi connectivity index (χ1n) is 9.98. The molecule has 23 heavy (non-hydrogen) atoms. The van der Waals surface area contributed by atoms with Gasteiger partial charge in [0.1, 0.15) is 0 Å². The lowest BCUT2D eigenvalue weighted by molar-refractivity contribution is 0.238. The van der Waals surface area contributed by atoms with Crippen LogP contribution in [0.15, 0.2) is 35.9 Å². The molecule has 1 saturated carbocycles. The van der Waals surface area contributed by atoms with Crippen LogP contribution in [0, 0.1) is 17.8 Å². The summed E-state index contributed by atoms with van der Waals surface area (Å²) in [5.41, 5.74) is 4.63. The van der Waals surface area contributed by atoms with Crippen LogP contribution in [0.5, 0.6) is 0 Å². The van der Waals surface area contributed by atoms with Gasteiger partial charge in [-0.25, -0.2) is 0 Å². The van der Waals surface area contributed by atoms with Crippen LogP contribution in [0.2, 0.25) is 0 Å². The van der Waals surface area contributed by atoms with Gasteiger partial charge in [0.05, 0.1) is 0 Å². The first-order chi connectivity index (χ1) is 11.2. The summed E-state index contributed by atoms with van der Waals surface area (Å²) in [6, 6.07) is 9.25. The minimum Gasteiger partial charge on any atom is -0.0847 e. The maximum absolute atomic E-state index is 2.58. The summed E-state index contributed by atoms with van der Waals surface area (Å²) in [6.45, 7) is 4.66. The molecule has 0 saturated heterocycles. The molecule has 1 atom stereocenters. The average molecular weight is 311 g/mol. The van der Waals surface area contributed by atoms with Gasteiger partial charge in [-0.1, -0.05) is 75.4 Å². The van der Waals surface area contributed by atoms with Crippen molar-refractivity contribution >= 4 is 0 Å². The van der Waals surface area contributed by atoms with Crippen LogP contribution in [0.4, 0.5) is 0 Å². The Morgan fingerprint density at radius 2 is 1.57 bits per heavy atom. The zero-order valence-electron chi connectivity index (χ0n) is 15.2. The predicted octanol–water partition coefficient (Wildman–Crippen LogP) is 6.73. The van der Waals surface area contributed by atoms with E-state index in [-0.39, 0.29) is 0 Å². The number of hydrogen-bond acceptors (Lipinski definition) is 0. The smallest absolute Gasteiger partial charge is 0.00671 e. The van der Waals surface area contributed by atoms with Crippen molar-refractivity contribution in [1.29, 1.82) is 0 Å². The number of hydrogen-bond donors (Lipinski definition) is 0. The minimum absolute atomic E-state index is 0.972. The van der Waals surface area contributed by atoms with E-state index in [1.165, 1.54) is 68.9 Å². The summed E-state index contributed by atoms with van der Waals surface area (Å²) in [4.78, 5) is 0. The molecule has 126 valence electrons. The third-order valence-corrected chi connectivity index (χ3v) is 6.28. The van der Waals surface area contributed by atoms with Crippen LogP contribution >= 0.6 is 0 Å². The van der Waals surface area contributed by atoms with Crippen LogP contribution in [-0.2, 0) is 12.8 Å². The summed E-state index contributed by atoms with van der Waals surface area (Å²) >= 11 is 0. The molecule has 0 N–H and O–H groups in total. The van der Waals surface area contributed by atoms with Crippen molar-refractivity contribution in [1.82, 2.24) is 0 Å². The van der Waals surface area contributed by atoms with Gasteiger partial charge in [0, 0.05) is 0 Å². The highest BCUT2D eigenvalue weighted by molar-refractivity contribution is 5.27. The number of allylic oxidation sites excluding steroid dienone is 2. The van der Waals surface area contributed by atoms with Crippen molar-refractivity contribution in [3.05, 3.63) is 47.0 Å². The molecule has 2 aliphatic rings. The molecule has 2 aliphatic carbocycles. The standard InChI is InChI=1S/C23H34/c1-3-19-8-10-21(11-9-19)17-23-14-12-22(13-15-23)16-20-6-4-18(2)5-7-20/h8-11,14,18,20,22H,3-7,12-13,15-17H2,1-2H3. The van der Waals surface area contributed by atoms with Gasteiger partial charge in [-0.15, -0.1) is 0 Å². The topological polar surface area (TPSA) is 0 Å². The second-order valence-corrected chi connectivity index (χ2v) is 8.21. The molecule has 1 aromatic rings. The third-order valence-electron chi connectivity index (χ3n) is 6.28.